The van der Waals surface area contributed by atoms with Gasteiger partial charge in [0.1, 0.15) is 5.54 Å². The van der Waals surface area contributed by atoms with E-state index < -0.39 is 11.6 Å². The van der Waals surface area contributed by atoms with Crippen molar-refractivity contribution in [2.75, 3.05) is 6.54 Å². The number of urea groups is 1. The van der Waals surface area contributed by atoms with Crippen LogP contribution in [0, 0.1) is 11.3 Å². The number of aliphatic hydroxyl groups excluding tert-OH is 1. The molecule has 142 valence electrons. The molecular formula is C21H30N2O3. The van der Waals surface area contributed by atoms with E-state index in [0.29, 0.717) is 24.3 Å². The first kappa shape index (κ1) is 18.9. The van der Waals surface area contributed by atoms with Crippen LogP contribution in [0.1, 0.15) is 64.5 Å². The minimum Gasteiger partial charge on any atom is -0.387 e. The van der Waals surface area contributed by atoms with Crippen LogP contribution in [0.25, 0.3) is 0 Å². The SMILES string of the molecule is CCC(C)(C)C1CCC2(CC1)NC(=O)N(C[C@H](O)c1ccccc1)C2=O. The van der Waals surface area contributed by atoms with E-state index in [2.05, 4.69) is 26.1 Å². The summed E-state index contributed by atoms with van der Waals surface area (Å²) in [5.74, 6) is 0.400. The maximum Gasteiger partial charge on any atom is 0.325 e. The van der Waals surface area contributed by atoms with E-state index in [9.17, 15) is 14.7 Å². The van der Waals surface area contributed by atoms with E-state index >= 15 is 0 Å². The zero-order chi connectivity index (χ0) is 18.9. The van der Waals surface area contributed by atoms with Gasteiger partial charge >= 0.3 is 6.03 Å². The maximum atomic E-state index is 13.0. The van der Waals surface area contributed by atoms with Crippen molar-refractivity contribution in [3.63, 3.8) is 0 Å². The first-order chi connectivity index (χ1) is 12.3. The second-order valence-corrected chi connectivity index (χ2v) is 8.47. The third-order valence-electron chi connectivity index (χ3n) is 6.64. The summed E-state index contributed by atoms with van der Waals surface area (Å²) in [5.41, 5.74) is 0.201. The summed E-state index contributed by atoms with van der Waals surface area (Å²) in [6.07, 6.45) is 3.51. The van der Waals surface area contributed by atoms with Crippen LogP contribution in [0.3, 0.4) is 0 Å². The molecule has 1 aromatic rings. The Hall–Kier alpha value is -1.88. The molecule has 1 aromatic carbocycles. The number of nitrogens with zero attached hydrogens (tertiary/aromatic N) is 1. The highest BCUT2D eigenvalue weighted by atomic mass is 16.3. The van der Waals surface area contributed by atoms with Crippen LogP contribution in [-0.2, 0) is 4.79 Å². The molecule has 1 aliphatic heterocycles. The fraction of sp³-hybridized carbons (Fsp3) is 0.619. The van der Waals surface area contributed by atoms with Crippen LogP contribution in [-0.4, -0.2) is 34.0 Å². The second-order valence-electron chi connectivity index (χ2n) is 8.47. The Morgan fingerprint density at radius 2 is 1.85 bits per heavy atom. The lowest BCUT2D eigenvalue weighted by Gasteiger charge is -2.42. The average molecular weight is 358 g/mol. The lowest BCUT2D eigenvalue weighted by Crippen LogP contribution is -2.51. The van der Waals surface area contributed by atoms with Gasteiger partial charge in [-0.05, 0) is 42.6 Å². The van der Waals surface area contributed by atoms with Gasteiger partial charge in [0.05, 0.1) is 12.6 Å². The molecule has 1 heterocycles. The molecule has 2 N–H and O–H groups in total. The topological polar surface area (TPSA) is 69.6 Å². The molecule has 0 unspecified atom stereocenters. The minimum absolute atomic E-state index is 0.000309. The zero-order valence-electron chi connectivity index (χ0n) is 16.0. The Morgan fingerprint density at radius 3 is 2.42 bits per heavy atom. The lowest BCUT2D eigenvalue weighted by molar-refractivity contribution is -0.134. The first-order valence-corrected chi connectivity index (χ1v) is 9.66. The molecule has 26 heavy (non-hydrogen) atoms. The monoisotopic (exact) mass is 358 g/mol. The summed E-state index contributed by atoms with van der Waals surface area (Å²) in [7, 11) is 0. The molecule has 5 nitrogen and oxygen atoms in total. The molecule has 5 heteroatoms. The Labute approximate surface area is 155 Å². The smallest absolute Gasteiger partial charge is 0.325 e. The van der Waals surface area contributed by atoms with Crippen molar-refractivity contribution >= 4 is 11.9 Å². The van der Waals surface area contributed by atoms with Crippen LogP contribution >= 0.6 is 0 Å². The van der Waals surface area contributed by atoms with Gasteiger partial charge in [-0.2, -0.15) is 0 Å². The fourth-order valence-electron chi connectivity index (χ4n) is 4.32. The number of imide groups is 1. The predicted octanol–water partition coefficient (Wildman–Crippen LogP) is 3.64. The van der Waals surface area contributed by atoms with Gasteiger partial charge in [-0.25, -0.2) is 4.79 Å². The molecule has 2 fully saturated rings. The molecule has 2 aliphatic rings. The number of hydrogen-bond acceptors (Lipinski definition) is 3. The van der Waals surface area contributed by atoms with E-state index in [1.165, 1.54) is 4.90 Å². The first-order valence-electron chi connectivity index (χ1n) is 9.66. The molecule has 3 amide bonds. The third-order valence-corrected chi connectivity index (χ3v) is 6.64. The van der Waals surface area contributed by atoms with Gasteiger partial charge in [0.15, 0.2) is 0 Å². The van der Waals surface area contributed by atoms with E-state index in [1.807, 2.05) is 18.2 Å². The number of carbonyl (C=O) groups is 2. The fourth-order valence-corrected chi connectivity index (χ4v) is 4.32. The summed E-state index contributed by atoms with van der Waals surface area (Å²) in [6, 6.07) is 8.77. The van der Waals surface area contributed by atoms with Gasteiger partial charge in [0, 0.05) is 0 Å². The molecular weight excluding hydrogens is 328 g/mol. The van der Waals surface area contributed by atoms with Crippen molar-refractivity contribution in [3.8, 4) is 0 Å². The number of nitrogens with one attached hydrogen (secondary N) is 1. The Bertz CT molecular complexity index is 663. The molecule has 1 spiro atoms. The predicted molar refractivity (Wildman–Crippen MR) is 100 cm³/mol. The van der Waals surface area contributed by atoms with Crippen molar-refractivity contribution < 1.29 is 14.7 Å². The van der Waals surface area contributed by atoms with E-state index in [0.717, 1.165) is 19.3 Å². The van der Waals surface area contributed by atoms with Crippen LogP contribution in [0.15, 0.2) is 30.3 Å². The average Bonchev–Trinajstić information content (AvgIpc) is 2.87. The van der Waals surface area contributed by atoms with E-state index in [4.69, 9.17) is 0 Å². The summed E-state index contributed by atoms with van der Waals surface area (Å²) in [6.45, 7) is 6.78. The highest BCUT2D eigenvalue weighted by Crippen LogP contribution is 2.45. The van der Waals surface area contributed by atoms with Crippen molar-refractivity contribution in [1.82, 2.24) is 10.2 Å². The number of carbonyl (C=O) groups excluding carboxylic acids is 2. The standard InChI is InChI=1S/C21H30N2O3/c1-4-20(2,3)16-10-12-21(13-11-16)18(25)23(19(26)22-21)14-17(24)15-8-6-5-7-9-15/h5-9,16-17,24H,4,10-14H2,1-3H3,(H,22,26)/t16?,17-,21?/m0/s1. The molecule has 1 aliphatic carbocycles. The van der Waals surface area contributed by atoms with E-state index in [1.54, 1.807) is 12.1 Å². The van der Waals surface area contributed by atoms with Gasteiger partial charge in [-0.1, -0.05) is 57.5 Å². The van der Waals surface area contributed by atoms with Crippen LogP contribution in [0.4, 0.5) is 4.79 Å². The van der Waals surface area contributed by atoms with Crippen molar-refractivity contribution in [2.45, 2.75) is 64.5 Å². The second kappa shape index (κ2) is 7.03. The highest BCUT2D eigenvalue weighted by Gasteiger charge is 2.53. The largest absolute Gasteiger partial charge is 0.387 e. The zero-order valence-corrected chi connectivity index (χ0v) is 16.0. The van der Waals surface area contributed by atoms with Crippen molar-refractivity contribution in [3.05, 3.63) is 35.9 Å². The molecule has 0 bridgehead atoms. The molecule has 3 rings (SSSR count). The number of benzene rings is 1. The Balaban J connectivity index is 1.68. The highest BCUT2D eigenvalue weighted by molar-refractivity contribution is 6.07. The van der Waals surface area contributed by atoms with Crippen LogP contribution < -0.4 is 5.32 Å². The quantitative estimate of drug-likeness (QED) is 0.790. The number of hydrogen-bond donors (Lipinski definition) is 2. The van der Waals surface area contributed by atoms with Gasteiger partial charge in [0.25, 0.3) is 5.91 Å². The van der Waals surface area contributed by atoms with Crippen molar-refractivity contribution in [2.24, 2.45) is 11.3 Å². The maximum absolute atomic E-state index is 13.0. The summed E-state index contributed by atoms with van der Waals surface area (Å²) in [4.78, 5) is 26.7. The van der Waals surface area contributed by atoms with Gasteiger partial charge in [-0.15, -0.1) is 0 Å². The third kappa shape index (κ3) is 3.37. The van der Waals surface area contributed by atoms with Crippen molar-refractivity contribution in [1.29, 1.82) is 0 Å². The van der Waals surface area contributed by atoms with E-state index in [-0.39, 0.29) is 23.9 Å². The summed E-state index contributed by atoms with van der Waals surface area (Å²) < 4.78 is 0. The van der Waals surface area contributed by atoms with Crippen LogP contribution in [0.5, 0.6) is 0 Å². The summed E-state index contributed by atoms with van der Waals surface area (Å²) >= 11 is 0. The molecule has 1 saturated heterocycles. The number of rotatable bonds is 5. The van der Waals surface area contributed by atoms with Crippen LogP contribution in [0.2, 0.25) is 0 Å². The lowest BCUT2D eigenvalue weighted by atomic mass is 9.65. The molecule has 0 aromatic heterocycles. The summed E-state index contributed by atoms with van der Waals surface area (Å²) in [5, 5.41) is 13.4. The van der Waals surface area contributed by atoms with Gasteiger partial charge < -0.3 is 10.4 Å². The number of β-amino-alcohol motifs (C(OH)–C–C–N with tert-alkyl or cyclic N) is 1. The Kier molecular flexibility index (Phi) is 5.11. The number of aliphatic hydroxyl groups is 1. The number of amides is 3. The van der Waals surface area contributed by atoms with Gasteiger partial charge in [0.2, 0.25) is 0 Å². The molecule has 0 radical (unpaired) electrons. The molecule has 1 saturated carbocycles. The Morgan fingerprint density at radius 1 is 1.23 bits per heavy atom. The normalized spacial score (nSPS) is 27.7. The minimum atomic E-state index is -0.864. The van der Waals surface area contributed by atoms with Gasteiger partial charge in [-0.3, -0.25) is 9.69 Å². The molecule has 1 atom stereocenters.